The minimum atomic E-state index is -0.127. The Labute approximate surface area is 250 Å². The zero-order valence-corrected chi connectivity index (χ0v) is 25.0. The van der Waals surface area contributed by atoms with Crippen LogP contribution in [0.1, 0.15) is 80.1 Å². The van der Waals surface area contributed by atoms with Crippen molar-refractivity contribution in [2.24, 2.45) is 17.6 Å². The molecule has 1 aromatic heterocycles. The summed E-state index contributed by atoms with van der Waals surface area (Å²) in [6.45, 7) is 5.20. The van der Waals surface area contributed by atoms with Crippen LogP contribution in [0.25, 0.3) is 0 Å². The second kappa shape index (κ2) is 18.5. The second-order valence-electron chi connectivity index (χ2n) is 11.4. The highest BCUT2D eigenvalue weighted by Gasteiger charge is 2.16. The zero-order chi connectivity index (χ0) is 29.2. The fourth-order valence-corrected chi connectivity index (χ4v) is 5.57. The van der Waals surface area contributed by atoms with Gasteiger partial charge >= 0.3 is 0 Å². The van der Waals surface area contributed by atoms with E-state index in [1.807, 2.05) is 24.3 Å². The maximum absolute atomic E-state index is 12.5. The molecular weight excluding hydrogens is 532 g/mol. The monoisotopic (exact) mass is 582 g/mol. The standard InChI is InChI=1S/C31H50N8O3/c32-15-17-41-19-20-42-18-16-33-28(40)27-13-11-26(12-14-27)23-36-31-38-29(34-21-24-7-3-1-4-8-24)37-30(39-31)35-22-25-9-5-2-6-10-25/h11-14,24-25H,1-10,15-23,32H2,(H,33,40)(H3,34,35,36,37,38,39). The van der Waals surface area contributed by atoms with E-state index in [0.717, 1.165) is 18.7 Å². The molecule has 0 unspecified atom stereocenters. The first-order chi connectivity index (χ1) is 20.7. The molecule has 0 radical (unpaired) electrons. The molecule has 2 aromatic rings. The van der Waals surface area contributed by atoms with Gasteiger partial charge in [0, 0.05) is 38.3 Å². The Bertz CT molecular complexity index is 1000. The van der Waals surface area contributed by atoms with E-state index >= 15 is 0 Å². The first-order valence-corrected chi connectivity index (χ1v) is 15.9. The molecule has 0 aliphatic heterocycles. The van der Waals surface area contributed by atoms with Gasteiger partial charge in [-0.3, -0.25) is 4.79 Å². The topological polar surface area (TPSA) is 148 Å². The smallest absolute Gasteiger partial charge is 0.251 e. The van der Waals surface area contributed by atoms with Crippen LogP contribution in [0, 0.1) is 11.8 Å². The van der Waals surface area contributed by atoms with E-state index in [9.17, 15) is 4.79 Å². The number of carbonyl (C=O) groups excluding carboxylic acids is 1. The number of benzene rings is 1. The van der Waals surface area contributed by atoms with Gasteiger partial charge in [0.05, 0.1) is 26.4 Å². The molecule has 4 rings (SSSR count). The lowest BCUT2D eigenvalue weighted by molar-refractivity contribution is 0.0511. The largest absolute Gasteiger partial charge is 0.378 e. The summed E-state index contributed by atoms with van der Waals surface area (Å²) < 4.78 is 10.7. The molecule has 11 nitrogen and oxygen atoms in total. The Morgan fingerprint density at radius 1 is 0.714 bits per heavy atom. The number of ether oxygens (including phenoxy) is 2. The predicted octanol–water partition coefficient (Wildman–Crippen LogP) is 4.19. The maximum Gasteiger partial charge on any atom is 0.251 e. The van der Waals surface area contributed by atoms with Gasteiger partial charge in [-0.2, -0.15) is 15.0 Å². The molecule has 2 aliphatic rings. The van der Waals surface area contributed by atoms with Gasteiger partial charge in [0.2, 0.25) is 17.8 Å². The number of carbonyl (C=O) groups is 1. The summed E-state index contributed by atoms with van der Waals surface area (Å²) in [5, 5.41) is 13.2. The summed E-state index contributed by atoms with van der Waals surface area (Å²) in [5.41, 5.74) is 7.01. The summed E-state index contributed by atoms with van der Waals surface area (Å²) >= 11 is 0. The summed E-state index contributed by atoms with van der Waals surface area (Å²) in [6, 6.07) is 7.54. The number of rotatable bonds is 18. The molecule has 0 saturated heterocycles. The van der Waals surface area contributed by atoms with E-state index in [-0.39, 0.29) is 5.91 Å². The van der Waals surface area contributed by atoms with Crippen molar-refractivity contribution >= 4 is 23.8 Å². The summed E-state index contributed by atoms with van der Waals surface area (Å²) in [6.07, 6.45) is 13.0. The van der Waals surface area contributed by atoms with Gasteiger partial charge < -0.3 is 36.5 Å². The normalized spacial score (nSPS) is 16.2. The van der Waals surface area contributed by atoms with Gasteiger partial charge in [-0.15, -0.1) is 0 Å². The molecule has 0 spiro atoms. The van der Waals surface area contributed by atoms with Gasteiger partial charge in [0.15, 0.2) is 0 Å². The van der Waals surface area contributed by atoms with Crippen LogP contribution in [0.3, 0.4) is 0 Å². The van der Waals surface area contributed by atoms with Crippen molar-refractivity contribution in [1.82, 2.24) is 20.3 Å². The number of hydrogen-bond donors (Lipinski definition) is 5. The average molecular weight is 583 g/mol. The highest BCUT2D eigenvalue weighted by atomic mass is 16.5. The van der Waals surface area contributed by atoms with Crippen LogP contribution in [0.5, 0.6) is 0 Å². The van der Waals surface area contributed by atoms with Crippen LogP contribution >= 0.6 is 0 Å². The Hall–Kier alpha value is -3.02. The molecule has 2 saturated carbocycles. The predicted molar refractivity (Wildman–Crippen MR) is 167 cm³/mol. The number of nitrogens with one attached hydrogen (secondary N) is 4. The van der Waals surface area contributed by atoms with Gasteiger partial charge in [-0.1, -0.05) is 50.7 Å². The molecule has 1 amide bonds. The van der Waals surface area contributed by atoms with E-state index in [2.05, 4.69) is 31.2 Å². The van der Waals surface area contributed by atoms with Crippen molar-refractivity contribution in [3.63, 3.8) is 0 Å². The first-order valence-electron chi connectivity index (χ1n) is 15.9. The van der Waals surface area contributed by atoms with Crippen molar-refractivity contribution < 1.29 is 14.3 Å². The maximum atomic E-state index is 12.5. The fraction of sp³-hybridized carbons (Fsp3) is 0.677. The number of aromatic nitrogens is 3. The summed E-state index contributed by atoms with van der Waals surface area (Å²) in [5.74, 6) is 2.99. The molecular formula is C31H50N8O3. The minimum Gasteiger partial charge on any atom is -0.378 e. The average Bonchev–Trinajstić information content (AvgIpc) is 3.04. The van der Waals surface area contributed by atoms with Crippen molar-refractivity contribution in [3.8, 4) is 0 Å². The van der Waals surface area contributed by atoms with Crippen molar-refractivity contribution in [2.75, 3.05) is 68.6 Å². The van der Waals surface area contributed by atoms with Gasteiger partial charge in [0.25, 0.3) is 5.91 Å². The molecule has 1 aromatic carbocycles. The molecule has 232 valence electrons. The molecule has 42 heavy (non-hydrogen) atoms. The van der Waals surface area contributed by atoms with Crippen LogP contribution < -0.4 is 27.0 Å². The Kier molecular flexibility index (Phi) is 14.1. The molecule has 0 bridgehead atoms. The quantitative estimate of drug-likeness (QED) is 0.162. The van der Waals surface area contributed by atoms with Gasteiger partial charge in [0.1, 0.15) is 0 Å². The molecule has 11 heteroatoms. The summed E-state index contributed by atoms with van der Waals surface area (Å²) in [7, 11) is 0. The Balaban J connectivity index is 1.26. The lowest BCUT2D eigenvalue weighted by Gasteiger charge is -2.23. The van der Waals surface area contributed by atoms with Crippen molar-refractivity contribution in [2.45, 2.75) is 70.8 Å². The third kappa shape index (κ3) is 11.7. The molecule has 2 fully saturated rings. The molecule has 6 N–H and O–H groups in total. The second-order valence-corrected chi connectivity index (χ2v) is 11.4. The highest BCUT2D eigenvalue weighted by molar-refractivity contribution is 5.94. The van der Waals surface area contributed by atoms with Crippen molar-refractivity contribution in [1.29, 1.82) is 0 Å². The zero-order valence-electron chi connectivity index (χ0n) is 25.0. The molecule has 2 aliphatic carbocycles. The van der Waals surface area contributed by atoms with Crippen LogP contribution in [-0.4, -0.2) is 73.5 Å². The van der Waals surface area contributed by atoms with Crippen LogP contribution in [-0.2, 0) is 16.0 Å². The van der Waals surface area contributed by atoms with Gasteiger partial charge in [-0.25, -0.2) is 0 Å². The van der Waals surface area contributed by atoms with Crippen LogP contribution in [0.4, 0.5) is 17.8 Å². The molecule has 0 atom stereocenters. The first kappa shape index (κ1) is 31.9. The van der Waals surface area contributed by atoms with Crippen molar-refractivity contribution in [3.05, 3.63) is 35.4 Å². The number of anilines is 3. The SMILES string of the molecule is NCCOCCOCCNC(=O)c1ccc(CNc2nc(NCC3CCCCC3)nc(NCC3CCCCC3)n2)cc1. The summed E-state index contributed by atoms with van der Waals surface area (Å²) in [4.78, 5) is 26.5. The third-order valence-electron chi connectivity index (χ3n) is 8.02. The molecule has 1 heterocycles. The van der Waals surface area contributed by atoms with Crippen LogP contribution in [0.2, 0.25) is 0 Å². The lowest BCUT2D eigenvalue weighted by Crippen LogP contribution is -2.27. The highest BCUT2D eigenvalue weighted by Crippen LogP contribution is 2.25. The fourth-order valence-electron chi connectivity index (χ4n) is 5.57. The minimum absolute atomic E-state index is 0.127. The Morgan fingerprint density at radius 2 is 1.24 bits per heavy atom. The van der Waals surface area contributed by atoms with E-state index in [1.165, 1.54) is 64.2 Å². The van der Waals surface area contributed by atoms with E-state index in [4.69, 9.17) is 20.2 Å². The number of hydrogen-bond acceptors (Lipinski definition) is 10. The Morgan fingerprint density at radius 3 is 1.79 bits per heavy atom. The number of amides is 1. The lowest BCUT2D eigenvalue weighted by atomic mass is 9.89. The van der Waals surface area contributed by atoms with Gasteiger partial charge in [-0.05, 0) is 55.2 Å². The third-order valence-corrected chi connectivity index (χ3v) is 8.02. The number of nitrogens with two attached hydrogens (primary N) is 1. The van der Waals surface area contributed by atoms with E-state index in [0.29, 0.717) is 81.3 Å². The van der Waals surface area contributed by atoms with E-state index < -0.39 is 0 Å². The van der Waals surface area contributed by atoms with Crippen LogP contribution in [0.15, 0.2) is 24.3 Å². The number of nitrogens with zero attached hydrogens (tertiary/aromatic N) is 3. The van der Waals surface area contributed by atoms with E-state index in [1.54, 1.807) is 0 Å².